The molecule has 2 rings (SSSR count). The van der Waals surface area contributed by atoms with Gasteiger partial charge in [-0.15, -0.1) is 24.0 Å². The number of likely N-dealkylation sites (N-methyl/N-ethyl adjacent to an activating group) is 1. The van der Waals surface area contributed by atoms with Gasteiger partial charge < -0.3 is 10.2 Å². The molecule has 1 heterocycles. The molecule has 0 radical (unpaired) electrons. The number of rotatable bonds is 2. The summed E-state index contributed by atoms with van der Waals surface area (Å²) in [5.74, 6) is 2.93. The Bertz CT molecular complexity index is 234. The van der Waals surface area contributed by atoms with Crippen molar-refractivity contribution in [3.63, 3.8) is 0 Å². The van der Waals surface area contributed by atoms with Gasteiger partial charge in [-0.3, -0.25) is 4.99 Å². The van der Waals surface area contributed by atoms with Crippen LogP contribution < -0.4 is 5.32 Å². The van der Waals surface area contributed by atoms with E-state index in [4.69, 9.17) is 0 Å². The van der Waals surface area contributed by atoms with Crippen LogP contribution in [-0.4, -0.2) is 37.5 Å². The van der Waals surface area contributed by atoms with Gasteiger partial charge in [-0.1, -0.05) is 19.8 Å². The van der Waals surface area contributed by atoms with E-state index in [0.717, 1.165) is 37.4 Å². The zero-order chi connectivity index (χ0) is 10.7. The summed E-state index contributed by atoms with van der Waals surface area (Å²) in [4.78, 5) is 6.66. The highest BCUT2D eigenvalue weighted by atomic mass is 127. The molecule has 0 unspecified atom stereocenters. The summed E-state index contributed by atoms with van der Waals surface area (Å²) in [5, 5.41) is 3.49. The lowest BCUT2D eigenvalue weighted by molar-refractivity contribution is 0.288. The van der Waals surface area contributed by atoms with Crippen LogP contribution in [-0.2, 0) is 0 Å². The van der Waals surface area contributed by atoms with E-state index < -0.39 is 0 Å². The molecule has 3 nitrogen and oxygen atoms in total. The molecule has 16 heavy (non-hydrogen) atoms. The molecule has 0 bridgehead atoms. The van der Waals surface area contributed by atoms with Gasteiger partial charge in [0.05, 0.1) is 6.54 Å². The second kappa shape index (κ2) is 6.67. The highest BCUT2D eigenvalue weighted by Gasteiger charge is 2.19. The molecule has 94 valence electrons. The Balaban J connectivity index is 0.00000128. The predicted molar refractivity (Wildman–Crippen MR) is 79.5 cm³/mol. The van der Waals surface area contributed by atoms with Crippen LogP contribution in [0, 0.1) is 11.8 Å². The highest BCUT2D eigenvalue weighted by molar-refractivity contribution is 14.0. The van der Waals surface area contributed by atoms with E-state index in [2.05, 4.69) is 29.2 Å². The Morgan fingerprint density at radius 2 is 2.00 bits per heavy atom. The molecule has 0 spiro atoms. The Labute approximate surface area is 116 Å². The first-order valence-electron chi connectivity index (χ1n) is 6.25. The molecule has 1 fully saturated rings. The van der Waals surface area contributed by atoms with Crippen molar-refractivity contribution in [2.24, 2.45) is 16.8 Å². The van der Waals surface area contributed by atoms with Crippen LogP contribution in [0.3, 0.4) is 0 Å². The Hall–Kier alpha value is 0. The summed E-state index contributed by atoms with van der Waals surface area (Å²) in [5.41, 5.74) is 0. The minimum atomic E-state index is 0. The van der Waals surface area contributed by atoms with Gasteiger partial charge in [-0.05, 0) is 24.7 Å². The number of nitrogens with zero attached hydrogens (tertiary/aromatic N) is 2. The lowest BCUT2D eigenvalue weighted by Gasteiger charge is -2.27. The molecule has 0 aromatic carbocycles. The Morgan fingerprint density at radius 3 is 2.56 bits per heavy atom. The van der Waals surface area contributed by atoms with Gasteiger partial charge in [0.2, 0.25) is 0 Å². The summed E-state index contributed by atoms with van der Waals surface area (Å²) in [7, 11) is 2.11. The zero-order valence-electron chi connectivity index (χ0n) is 10.4. The number of nitrogens with one attached hydrogen (secondary N) is 1. The molecule has 0 atom stereocenters. The normalized spacial score (nSPS) is 29.6. The average molecular weight is 337 g/mol. The first-order chi connectivity index (χ1) is 7.25. The largest absolute Gasteiger partial charge is 0.356 e. The summed E-state index contributed by atoms with van der Waals surface area (Å²) >= 11 is 0. The first-order valence-corrected chi connectivity index (χ1v) is 6.25. The number of halogens is 1. The van der Waals surface area contributed by atoms with Gasteiger partial charge in [0, 0.05) is 20.1 Å². The Morgan fingerprint density at radius 1 is 1.31 bits per heavy atom. The molecule has 0 aromatic rings. The summed E-state index contributed by atoms with van der Waals surface area (Å²) in [6.07, 6.45) is 5.61. The fraction of sp³-hybridized carbons (Fsp3) is 0.917. The average Bonchev–Trinajstić information content (AvgIpc) is 2.63. The molecule has 0 aromatic heterocycles. The SMILES string of the molecule is CC1CCC(CNC2=NCCN2C)CC1.I. The van der Waals surface area contributed by atoms with Crippen LogP contribution in [0.1, 0.15) is 32.6 Å². The summed E-state index contributed by atoms with van der Waals surface area (Å²) in [6.45, 7) is 5.53. The highest BCUT2D eigenvalue weighted by Crippen LogP contribution is 2.27. The first kappa shape index (κ1) is 14.1. The van der Waals surface area contributed by atoms with Crippen LogP contribution in [0.15, 0.2) is 4.99 Å². The molecule has 1 N–H and O–H groups in total. The van der Waals surface area contributed by atoms with Crippen LogP contribution in [0.25, 0.3) is 0 Å². The third-order valence-corrected chi connectivity index (χ3v) is 3.74. The molecular formula is C12H24IN3. The van der Waals surface area contributed by atoms with E-state index in [-0.39, 0.29) is 24.0 Å². The molecule has 0 amide bonds. The van der Waals surface area contributed by atoms with Crippen LogP contribution in [0.5, 0.6) is 0 Å². The standard InChI is InChI=1S/C12H23N3.HI/c1-10-3-5-11(6-4-10)9-14-12-13-7-8-15(12)2;/h10-11H,3-9H2,1-2H3,(H,13,14);1H. The van der Waals surface area contributed by atoms with Gasteiger partial charge >= 0.3 is 0 Å². The Kier molecular flexibility index (Phi) is 5.86. The van der Waals surface area contributed by atoms with E-state index in [9.17, 15) is 0 Å². The molecule has 1 aliphatic carbocycles. The lowest BCUT2D eigenvalue weighted by atomic mass is 9.83. The molecular weight excluding hydrogens is 313 g/mol. The third kappa shape index (κ3) is 3.79. The zero-order valence-corrected chi connectivity index (χ0v) is 12.7. The molecule has 1 saturated carbocycles. The molecule has 1 aliphatic heterocycles. The second-order valence-electron chi connectivity index (χ2n) is 5.13. The van der Waals surface area contributed by atoms with Crippen molar-refractivity contribution in [2.75, 3.05) is 26.7 Å². The number of hydrogen-bond acceptors (Lipinski definition) is 3. The maximum absolute atomic E-state index is 4.45. The van der Waals surface area contributed by atoms with Crippen LogP contribution in [0.2, 0.25) is 0 Å². The van der Waals surface area contributed by atoms with Crippen molar-refractivity contribution in [2.45, 2.75) is 32.6 Å². The van der Waals surface area contributed by atoms with E-state index in [1.807, 2.05) is 0 Å². The lowest BCUT2D eigenvalue weighted by Crippen LogP contribution is -2.38. The van der Waals surface area contributed by atoms with Crippen molar-refractivity contribution >= 4 is 29.9 Å². The second-order valence-corrected chi connectivity index (χ2v) is 5.13. The number of hydrogen-bond donors (Lipinski definition) is 1. The number of aliphatic imine (C=N–C) groups is 1. The van der Waals surface area contributed by atoms with Gasteiger partial charge in [0.15, 0.2) is 5.96 Å². The maximum Gasteiger partial charge on any atom is 0.193 e. The fourth-order valence-electron chi connectivity index (χ4n) is 2.49. The van der Waals surface area contributed by atoms with Crippen LogP contribution in [0.4, 0.5) is 0 Å². The number of guanidine groups is 1. The molecule has 4 heteroatoms. The smallest absolute Gasteiger partial charge is 0.193 e. The monoisotopic (exact) mass is 337 g/mol. The van der Waals surface area contributed by atoms with E-state index in [1.165, 1.54) is 25.7 Å². The van der Waals surface area contributed by atoms with E-state index in [0.29, 0.717) is 0 Å². The van der Waals surface area contributed by atoms with Gasteiger partial charge in [-0.25, -0.2) is 0 Å². The molecule has 0 saturated heterocycles. The molecule has 2 aliphatic rings. The maximum atomic E-state index is 4.45. The van der Waals surface area contributed by atoms with Crippen molar-refractivity contribution in [3.05, 3.63) is 0 Å². The summed E-state index contributed by atoms with van der Waals surface area (Å²) < 4.78 is 0. The minimum Gasteiger partial charge on any atom is -0.356 e. The predicted octanol–water partition coefficient (Wildman–Crippen LogP) is 2.32. The van der Waals surface area contributed by atoms with Gasteiger partial charge in [0.1, 0.15) is 0 Å². The summed E-state index contributed by atoms with van der Waals surface area (Å²) in [6, 6.07) is 0. The van der Waals surface area contributed by atoms with E-state index in [1.54, 1.807) is 0 Å². The quantitative estimate of drug-likeness (QED) is 0.783. The third-order valence-electron chi connectivity index (χ3n) is 3.74. The van der Waals surface area contributed by atoms with Crippen molar-refractivity contribution in [3.8, 4) is 0 Å². The van der Waals surface area contributed by atoms with Crippen LogP contribution >= 0.6 is 24.0 Å². The topological polar surface area (TPSA) is 27.6 Å². The minimum absolute atomic E-state index is 0. The van der Waals surface area contributed by atoms with Crippen molar-refractivity contribution < 1.29 is 0 Å². The van der Waals surface area contributed by atoms with E-state index >= 15 is 0 Å². The van der Waals surface area contributed by atoms with Crippen molar-refractivity contribution in [1.29, 1.82) is 0 Å². The fourth-order valence-corrected chi connectivity index (χ4v) is 2.49. The van der Waals surface area contributed by atoms with Gasteiger partial charge in [0.25, 0.3) is 0 Å². The van der Waals surface area contributed by atoms with Crippen molar-refractivity contribution in [1.82, 2.24) is 10.2 Å². The van der Waals surface area contributed by atoms with Gasteiger partial charge in [-0.2, -0.15) is 0 Å².